The summed E-state index contributed by atoms with van der Waals surface area (Å²) in [6.45, 7) is 0. The molecule has 3 N–H and O–H groups in total. The molecule has 72 valence electrons. The quantitative estimate of drug-likeness (QED) is 0.655. The van der Waals surface area contributed by atoms with Gasteiger partial charge in [-0.25, -0.2) is 8.78 Å². The van der Waals surface area contributed by atoms with Gasteiger partial charge in [0, 0.05) is 0 Å². The lowest BCUT2D eigenvalue weighted by atomic mass is 10.2. The molecule has 0 aliphatic carbocycles. The summed E-state index contributed by atoms with van der Waals surface area (Å²) < 4.78 is 25.8. The first kappa shape index (κ1) is 8.61. The maximum absolute atomic E-state index is 13.1. The van der Waals surface area contributed by atoms with E-state index < -0.39 is 17.1 Å². The van der Waals surface area contributed by atoms with Crippen LogP contribution in [0.25, 0.3) is 10.9 Å². The second-order valence-electron chi connectivity index (χ2n) is 2.72. The van der Waals surface area contributed by atoms with Crippen molar-refractivity contribution in [3.05, 3.63) is 34.0 Å². The highest BCUT2D eigenvalue weighted by Gasteiger charge is 2.11. The highest BCUT2D eigenvalue weighted by molar-refractivity contribution is 5.80. The Bertz CT molecular complexity index is 564. The van der Waals surface area contributed by atoms with Gasteiger partial charge in [-0.1, -0.05) is 0 Å². The monoisotopic (exact) mass is 197 g/mol. The highest BCUT2D eigenvalue weighted by atomic mass is 19.2. The van der Waals surface area contributed by atoms with E-state index in [4.69, 9.17) is 5.73 Å². The molecule has 4 nitrogen and oxygen atoms in total. The van der Waals surface area contributed by atoms with Crippen molar-refractivity contribution in [2.75, 3.05) is 5.73 Å². The number of halogens is 2. The molecule has 2 aromatic rings. The number of nitrogens with one attached hydrogen (secondary N) is 1. The largest absolute Gasteiger partial charge is 0.379 e. The number of aromatic amines is 1. The Labute approximate surface area is 76.4 Å². The van der Waals surface area contributed by atoms with Crippen LogP contribution in [0.3, 0.4) is 0 Å². The van der Waals surface area contributed by atoms with Gasteiger partial charge < -0.3 is 5.73 Å². The van der Waals surface area contributed by atoms with Crippen LogP contribution in [0.2, 0.25) is 0 Å². The smallest absolute Gasteiger partial charge is 0.231 e. The second kappa shape index (κ2) is 2.76. The van der Waals surface area contributed by atoms with Gasteiger partial charge in [0.1, 0.15) is 5.52 Å². The van der Waals surface area contributed by atoms with Gasteiger partial charge in [0.2, 0.25) is 5.43 Å². The topological polar surface area (TPSA) is 71.8 Å². The van der Waals surface area contributed by atoms with Crippen LogP contribution in [0.4, 0.5) is 14.6 Å². The fourth-order valence-electron chi connectivity index (χ4n) is 1.15. The Morgan fingerprint density at radius 2 is 2.07 bits per heavy atom. The van der Waals surface area contributed by atoms with E-state index in [0.717, 1.165) is 12.1 Å². The predicted molar refractivity (Wildman–Crippen MR) is 46.7 cm³/mol. The molecule has 6 heteroatoms. The van der Waals surface area contributed by atoms with E-state index in [-0.39, 0.29) is 16.7 Å². The summed E-state index contributed by atoms with van der Waals surface area (Å²) in [5.74, 6) is -2.45. The lowest BCUT2D eigenvalue weighted by Gasteiger charge is -1.99. The van der Waals surface area contributed by atoms with Crippen LogP contribution in [0.15, 0.2) is 16.9 Å². The standard InChI is InChI=1S/C8H5F2N3O/c9-4-2-1-3-6(5(4)10)12-13-8(11)7(3)14/h1-2H,(H2,11,13)(H,12,14). The number of hydrogen-bond acceptors (Lipinski definition) is 3. The van der Waals surface area contributed by atoms with Gasteiger partial charge in [-0.3, -0.25) is 9.89 Å². The zero-order chi connectivity index (χ0) is 10.3. The van der Waals surface area contributed by atoms with Crippen LogP contribution in [0.5, 0.6) is 0 Å². The van der Waals surface area contributed by atoms with Crippen molar-refractivity contribution in [1.82, 2.24) is 10.2 Å². The van der Waals surface area contributed by atoms with Gasteiger partial charge in [0.25, 0.3) is 0 Å². The number of rotatable bonds is 0. The molecule has 0 spiro atoms. The summed E-state index contributed by atoms with van der Waals surface area (Å²) in [7, 11) is 0. The van der Waals surface area contributed by atoms with E-state index in [1.807, 2.05) is 0 Å². The normalized spacial score (nSPS) is 10.7. The number of benzene rings is 1. The number of fused-ring (bicyclic) bond motifs is 1. The molecular formula is C8H5F2N3O. The number of nitrogens with zero attached hydrogens (tertiary/aromatic N) is 1. The highest BCUT2D eigenvalue weighted by Crippen LogP contribution is 2.14. The average molecular weight is 197 g/mol. The molecule has 0 fully saturated rings. The van der Waals surface area contributed by atoms with Crippen molar-refractivity contribution >= 4 is 16.7 Å². The molecule has 14 heavy (non-hydrogen) atoms. The van der Waals surface area contributed by atoms with Gasteiger partial charge in [-0.05, 0) is 12.1 Å². The fourth-order valence-corrected chi connectivity index (χ4v) is 1.15. The van der Waals surface area contributed by atoms with Crippen LogP contribution in [0.1, 0.15) is 0 Å². The van der Waals surface area contributed by atoms with Crippen LogP contribution >= 0.6 is 0 Å². The van der Waals surface area contributed by atoms with Crippen molar-refractivity contribution in [3.63, 3.8) is 0 Å². The molecule has 0 aliphatic rings. The molecule has 2 rings (SSSR count). The van der Waals surface area contributed by atoms with E-state index in [1.165, 1.54) is 0 Å². The third-order valence-corrected chi connectivity index (χ3v) is 1.86. The van der Waals surface area contributed by atoms with Crippen molar-refractivity contribution in [2.45, 2.75) is 0 Å². The number of nitrogens with two attached hydrogens (primary N) is 1. The van der Waals surface area contributed by atoms with E-state index in [2.05, 4.69) is 10.2 Å². The summed E-state index contributed by atoms with van der Waals surface area (Å²) in [5.41, 5.74) is 4.32. The first-order valence-corrected chi connectivity index (χ1v) is 3.73. The van der Waals surface area contributed by atoms with Gasteiger partial charge in [-0.2, -0.15) is 5.10 Å². The average Bonchev–Trinajstić information content (AvgIpc) is 2.17. The molecule has 0 bridgehead atoms. The minimum Gasteiger partial charge on any atom is -0.379 e. The Balaban J connectivity index is 3.02. The van der Waals surface area contributed by atoms with E-state index in [0.29, 0.717) is 0 Å². The molecule has 1 aromatic carbocycles. The van der Waals surface area contributed by atoms with Crippen molar-refractivity contribution in [1.29, 1.82) is 0 Å². The second-order valence-corrected chi connectivity index (χ2v) is 2.72. The minimum atomic E-state index is -1.13. The molecule has 0 atom stereocenters. The summed E-state index contributed by atoms with van der Waals surface area (Å²) in [4.78, 5) is 11.3. The van der Waals surface area contributed by atoms with E-state index in [9.17, 15) is 13.6 Å². The SMILES string of the molecule is Nc1n[nH]c2c(F)c(F)ccc2c1=O. The van der Waals surface area contributed by atoms with Crippen LogP contribution in [0, 0.1) is 11.6 Å². The first-order valence-electron chi connectivity index (χ1n) is 3.73. The van der Waals surface area contributed by atoms with Gasteiger partial charge in [-0.15, -0.1) is 0 Å². The van der Waals surface area contributed by atoms with E-state index in [1.54, 1.807) is 0 Å². The third-order valence-electron chi connectivity index (χ3n) is 1.86. The maximum atomic E-state index is 13.1. The molecule has 0 saturated carbocycles. The molecule has 1 aromatic heterocycles. The summed E-state index contributed by atoms with van der Waals surface area (Å²) in [5, 5.41) is 5.50. The predicted octanol–water partition coefficient (Wildman–Crippen LogP) is 0.783. The lowest BCUT2D eigenvalue weighted by Crippen LogP contribution is -2.13. The minimum absolute atomic E-state index is 0.0172. The fraction of sp³-hybridized carbons (Fsp3) is 0. The molecule has 0 unspecified atom stereocenters. The number of hydrogen-bond donors (Lipinski definition) is 2. The van der Waals surface area contributed by atoms with Crippen molar-refractivity contribution in [3.8, 4) is 0 Å². The van der Waals surface area contributed by atoms with Gasteiger partial charge >= 0.3 is 0 Å². The Morgan fingerprint density at radius 3 is 2.79 bits per heavy atom. The van der Waals surface area contributed by atoms with Crippen LogP contribution < -0.4 is 11.2 Å². The number of aromatic nitrogens is 2. The summed E-state index contributed by atoms with van der Waals surface area (Å²) >= 11 is 0. The maximum Gasteiger partial charge on any atom is 0.231 e. The van der Waals surface area contributed by atoms with Crippen LogP contribution in [-0.4, -0.2) is 10.2 Å². The first-order chi connectivity index (χ1) is 6.61. The Morgan fingerprint density at radius 1 is 1.36 bits per heavy atom. The summed E-state index contributed by atoms with van der Waals surface area (Å²) in [6.07, 6.45) is 0. The summed E-state index contributed by atoms with van der Waals surface area (Å²) in [6, 6.07) is 2.02. The van der Waals surface area contributed by atoms with Crippen molar-refractivity contribution in [2.24, 2.45) is 0 Å². The molecular weight excluding hydrogens is 192 g/mol. The third kappa shape index (κ3) is 1.04. The Hall–Kier alpha value is -1.98. The number of anilines is 1. The number of nitrogen functional groups attached to an aromatic ring is 1. The molecule has 0 aliphatic heterocycles. The zero-order valence-electron chi connectivity index (χ0n) is 6.84. The van der Waals surface area contributed by atoms with E-state index >= 15 is 0 Å². The Kier molecular flexibility index (Phi) is 1.70. The van der Waals surface area contributed by atoms with Gasteiger partial charge in [0.05, 0.1) is 5.39 Å². The molecule has 0 saturated heterocycles. The molecule has 1 heterocycles. The van der Waals surface area contributed by atoms with Crippen molar-refractivity contribution < 1.29 is 8.78 Å². The number of H-pyrrole nitrogens is 1. The lowest BCUT2D eigenvalue weighted by molar-refractivity contribution is 0.514. The molecule has 0 amide bonds. The molecule has 0 radical (unpaired) electrons. The van der Waals surface area contributed by atoms with Crippen LogP contribution in [-0.2, 0) is 0 Å². The zero-order valence-corrected chi connectivity index (χ0v) is 6.84. The van der Waals surface area contributed by atoms with Gasteiger partial charge in [0.15, 0.2) is 17.5 Å².